The minimum absolute atomic E-state index is 0.0111. The molecule has 4 aliphatic rings. The van der Waals surface area contributed by atoms with E-state index in [2.05, 4.69) is 0 Å². The van der Waals surface area contributed by atoms with Crippen LogP contribution in [0.15, 0.2) is 11.6 Å². The molecule has 0 saturated heterocycles. The van der Waals surface area contributed by atoms with E-state index in [1.807, 2.05) is 0 Å². The molecule has 156 valence electrons. The summed E-state index contributed by atoms with van der Waals surface area (Å²) in [5, 5.41) is 33.0. The van der Waals surface area contributed by atoms with Crippen molar-refractivity contribution in [3.05, 3.63) is 11.6 Å². The lowest BCUT2D eigenvalue weighted by Gasteiger charge is -2.63. The molecule has 5 nitrogen and oxygen atoms in total. The normalized spacial score (nSPS) is 53.1. The Labute approximate surface area is 168 Å². The summed E-state index contributed by atoms with van der Waals surface area (Å²) in [5.41, 5.74) is -5.46. The van der Waals surface area contributed by atoms with E-state index in [0.717, 1.165) is 5.57 Å². The molecule has 0 aliphatic heterocycles. The third-order valence-corrected chi connectivity index (χ3v) is 9.05. The molecule has 8 atom stereocenters. The number of fused-ring (bicyclic) bond motifs is 5. The third-order valence-electron chi connectivity index (χ3n) is 8.81. The predicted octanol–water partition coefficient (Wildman–Crippen LogP) is 2.09. The van der Waals surface area contributed by atoms with Crippen molar-refractivity contribution in [2.24, 2.45) is 22.7 Å². The summed E-state index contributed by atoms with van der Waals surface area (Å²) in [5.74, 6) is -2.24. The van der Waals surface area contributed by atoms with Crippen LogP contribution in [0.25, 0.3) is 0 Å². The number of hydrogen-bond acceptors (Lipinski definition) is 5. The van der Waals surface area contributed by atoms with E-state index in [0.29, 0.717) is 19.3 Å². The number of alkyl halides is 2. The number of carbonyl (C=O) groups is 2. The van der Waals surface area contributed by atoms with Gasteiger partial charge in [-0.3, -0.25) is 9.59 Å². The number of ketones is 2. The number of rotatable bonds is 2. The Morgan fingerprint density at radius 3 is 2.57 bits per heavy atom. The van der Waals surface area contributed by atoms with Gasteiger partial charge < -0.3 is 15.3 Å². The van der Waals surface area contributed by atoms with Gasteiger partial charge in [0.05, 0.1) is 18.1 Å². The lowest BCUT2D eigenvalue weighted by atomic mass is 9.44. The van der Waals surface area contributed by atoms with E-state index in [1.165, 1.54) is 0 Å². The Morgan fingerprint density at radius 2 is 1.93 bits per heavy atom. The van der Waals surface area contributed by atoms with Crippen LogP contribution in [0.4, 0.5) is 4.39 Å². The predicted molar refractivity (Wildman–Crippen MR) is 101 cm³/mol. The number of aliphatic hydroxyl groups is 3. The molecule has 7 heteroatoms. The van der Waals surface area contributed by atoms with Gasteiger partial charge in [0.2, 0.25) is 0 Å². The van der Waals surface area contributed by atoms with E-state index in [-0.39, 0.29) is 25.0 Å². The monoisotopic (exact) mass is 414 g/mol. The van der Waals surface area contributed by atoms with Gasteiger partial charge in [-0.2, -0.15) is 0 Å². The van der Waals surface area contributed by atoms with Crippen molar-refractivity contribution in [2.75, 3.05) is 5.88 Å². The van der Waals surface area contributed by atoms with Crippen LogP contribution in [0.5, 0.6) is 0 Å². The summed E-state index contributed by atoms with van der Waals surface area (Å²) in [4.78, 5) is 24.4. The highest BCUT2D eigenvalue weighted by Gasteiger charge is 2.76. The van der Waals surface area contributed by atoms with Crippen LogP contribution >= 0.6 is 11.6 Å². The second kappa shape index (κ2) is 6.10. The molecular weight excluding hydrogens is 387 g/mol. The molecule has 4 aliphatic carbocycles. The summed E-state index contributed by atoms with van der Waals surface area (Å²) >= 11 is 5.71. The van der Waals surface area contributed by atoms with Crippen LogP contribution in [0.3, 0.4) is 0 Å². The fraction of sp³-hybridized carbons (Fsp3) is 0.810. The van der Waals surface area contributed by atoms with Crippen LogP contribution in [0, 0.1) is 22.7 Å². The molecule has 4 rings (SSSR count). The van der Waals surface area contributed by atoms with Crippen LogP contribution in [0.2, 0.25) is 0 Å². The first-order valence-electron chi connectivity index (χ1n) is 10.1. The van der Waals surface area contributed by atoms with Gasteiger partial charge in [-0.15, -0.1) is 11.6 Å². The van der Waals surface area contributed by atoms with E-state index < -0.39 is 57.8 Å². The van der Waals surface area contributed by atoms with Crippen molar-refractivity contribution in [1.29, 1.82) is 0 Å². The molecule has 28 heavy (non-hydrogen) atoms. The highest BCUT2D eigenvalue weighted by molar-refractivity contribution is 6.29. The second-order valence-corrected chi connectivity index (χ2v) is 9.97. The first kappa shape index (κ1) is 20.5. The zero-order valence-electron chi connectivity index (χ0n) is 16.3. The summed E-state index contributed by atoms with van der Waals surface area (Å²) in [6.07, 6.45) is 0.240. The van der Waals surface area contributed by atoms with Crippen molar-refractivity contribution in [3.63, 3.8) is 0 Å². The highest BCUT2D eigenvalue weighted by Crippen LogP contribution is 2.70. The molecule has 0 heterocycles. The lowest BCUT2D eigenvalue weighted by molar-refractivity contribution is -0.229. The lowest BCUT2D eigenvalue weighted by Crippen LogP contribution is -2.70. The maximum Gasteiger partial charge on any atom is 0.182 e. The number of halogens is 2. The van der Waals surface area contributed by atoms with Crippen molar-refractivity contribution in [1.82, 2.24) is 0 Å². The average molecular weight is 415 g/mol. The maximum absolute atomic E-state index is 16.9. The maximum atomic E-state index is 16.9. The molecule has 0 radical (unpaired) electrons. The third kappa shape index (κ3) is 2.13. The molecule has 3 saturated carbocycles. The van der Waals surface area contributed by atoms with E-state index in [4.69, 9.17) is 11.6 Å². The van der Waals surface area contributed by atoms with Crippen molar-refractivity contribution in [2.45, 2.75) is 75.9 Å². The topological polar surface area (TPSA) is 94.8 Å². The van der Waals surface area contributed by atoms with Crippen LogP contribution in [0.1, 0.15) is 52.4 Å². The van der Waals surface area contributed by atoms with Gasteiger partial charge in [0.25, 0.3) is 0 Å². The number of Topliss-reactive ketones (excluding diaryl/α,β-unsaturated/α-hetero) is 1. The molecule has 3 fully saturated rings. The highest BCUT2D eigenvalue weighted by atomic mass is 35.5. The number of aliphatic hydroxyl groups excluding tert-OH is 2. The largest absolute Gasteiger partial charge is 0.390 e. The van der Waals surface area contributed by atoms with Gasteiger partial charge in [0.1, 0.15) is 5.67 Å². The van der Waals surface area contributed by atoms with E-state index in [9.17, 15) is 24.9 Å². The molecule has 1 unspecified atom stereocenters. The molecule has 0 spiro atoms. The van der Waals surface area contributed by atoms with Crippen LogP contribution in [-0.4, -0.2) is 56.2 Å². The van der Waals surface area contributed by atoms with Crippen molar-refractivity contribution < 1.29 is 29.3 Å². The van der Waals surface area contributed by atoms with Gasteiger partial charge in [0, 0.05) is 23.2 Å². The van der Waals surface area contributed by atoms with Gasteiger partial charge in [0.15, 0.2) is 17.2 Å². The van der Waals surface area contributed by atoms with E-state index in [1.54, 1.807) is 19.9 Å². The second-order valence-electron chi connectivity index (χ2n) is 9.70. The summed E-state index contributed by atoms with van der Waals surface area (Å²) in [7, 11) is 0. The quantitative estimate of drug-likeness (QED) is 0.601. The molecule has 0 aromatic rings. The Bertz CT molecular complexity index is 770. The Hall–Kier alpha value is -0.820. The van der Waals surface area contributed by atoms with Crippen molar-refractivity contribution in [3.8, 4) is 0 Å². The van der Waals surface area contributed by atoms with Gasteiger partial charge in [-0.1, -0.05) is 19.4 Å². The Morgan fingerprint density at radius 1 is 1.25 bits per heavy atom. The molecular formula is C21H28ClFO5. The summed E-state index contributed by atoms with van der Waals surface area (Å²) in [6, 6.07) is 0. The van der Waals surface area contributed by atoms with Gasteiger partial charge in [-0.25, -0.2) is 4.39 Å². The SMILES string of the molecule is C[C@]12CCC(=O)C=C1CC[C@H]1[C@@H]3CC(O)[C@](O)(C(=O)CCl)[C@@]3(C)C[C@H](O)[C@@]12F. The number of allylic oxidation sites excluding steroid dienone is 1. The molecule has 0 aromatic heterocycles. The molecule has 3 N–H and O–H groups in total. The van der Waals surface area contributed by atoms with Crippen molar-refractivity contribution >= 4 is 23.2 Å². The molecule has 0 bridgehead atoms. The van der Waals surface area contributed by atoms with Gasteiger partial charge >= 0.3 is 0 Å². The first-order chi connectivity index (χ1) is 13.0. The van der Waals surface area contributed by atoms with Crippen LogP contribution < -0.4 is 0 Å². The summed E-state index contributed by atoms with van der Waals surface area (Å²) in [6.45, 7) is 3.45. The zero-order chi connectivity index (χ0) is 20.7. The molecule has 0 amide bonds. The standard InChI is InChI=1S/C21H28ClFO5/c1-18-6-5-12(24)7-11(18)3-4-13-14-8-15(25)21(28,17(27)10-22)19(14,2)9-16(26)20(13,18)23/h7,13-16,25-26,28H,3-6,8-10H2,1-2H3/t13-,14-,15?,16-,18-,19-,20-,21-/m0/s1. The van der Waals surface area contributed by atoms with Gasteiger partial charge in [-0.05, 0) is 44.1 Å². The number of hydrogen-bond donors (Lipinski definition) is 3. The fourth-order valence-electron chi connectivity index (χ4n) is 7.19. The smallest absolute Gasteiger partial charge is 0.182 e. The fourth-order valence-corrected chi connectivity index (χ4v) is 7.39. The minimum Gasteiger partial charge on any atom is -0.390 e. The molecule has 0 aromatic carbocycles. The number of carbonyl (C=O) groups excluding carboxylic acids is 2. The van der Waals surface area contributed by atoms with E-state index >= 15 is 4.39 Å². The first-order valence-corrected chi connectivity index (χ1v) is 10.6. The summed E-state index contributed by atoms with van der Waals surface area (Å²) < 4.78 is 16.9. The Balaban J connectivity index is 1.83. The zero-order valence-corrected chi connectivity index (χ0v) is 17.0. The Kier molecular flexibility index (Phi) is 4.45. The minimum atomic E-state index is -2.10. The van der Waals surface area contributed by atoms with Crippen LogP contribution in [-0.2, 0) is 9.59 Å². The average Bonchev–Trinajstić information content (AvgIpc) is 2.84.